The van der Waals surface area contributed by atoms with Crippen molar-refractivity contribution in [3.8, 4) is 0 Å². The van der Waals surface area contributed by atoms with E-state index in [1.807, 2.05) is 24.8 Å². The van der Waals surface area contributed by atoms with E-state index >= 15 is 0 Å². The van der Waals surface area contributed by atoms with Crippen LogP contribution in [-0.4, -0.2) is 52.9 Å². The maximum Gasteiger partial charge on any atom is 0.261 e. The summed E-state index contributed by atoms with van der Waals surface area (Å²) in [6.45, 7) is 7.96. The van der Waals surface area contributed by atoms with Gasteiger partial charge in [0.2, 0.25) is 0 Å². The Morgan fingerprint density at radius 3 is 2.62 bits per heavy atom. The Hall–Kier alpha value is -1.62. The molecular formula is C21H31N3O2. The fourth-order valence-corrected chi connectivity index (χ4v) is 4.74. The lowest BCUT2D eigenvalue weighted by Crippen LogP contribution is -2.47. The molecule has 142 valence electrons. The summed E-state index contributed by atoms with van der Waals surface area (Å²) < 4.78 is 0. The second-order valence-electron chi connectivity index (χ2n) is 8.87. The number of aromatic amines is 1. The average molecular weight is 357 g/mol. The van der Waals surface area contributed by atoms with Crippen molar-refractivity contribution in [1.29, 1.82) is 0 Å². The molecule has 2 bridgehead atoms. The number of aromatic nitrogens is 1. The molecule has 4 aliphatic rings. The Morgan fingerprint density at radius 2 is 1.96 bits per heavy atom. The van der Waals surface area contributed by atoms with Gasteiger partial charge in [-0.05, 0) is 55.6 Å². The van der Waals surface area contributed by atoms with Gasteiger partial charge in [0.25, 0.3) is 11.5 Å². The minimum absolute atomic E-state index is 0.0936. The molecule has 1 aromatic heterocycles. The first-order chi connectivity index (χ1) is 12.5. The molecule has 5 rings (SSSR count). The third-order valence-corrected chi connectivity index (χ3v) is 6.62. The Kier molecular flexibility index (Phi) is 4.91. The average Bonchev–Trinajstić information content (AvgIpc) is 2.89. The monoisotopic (exact) mass is 357 g/mol. The first-order valence-electron chi connectivity index (χ1n) is 10.3. The van der Waals surface area contributed by atoms with Gasteiger partial charge in [-0.3, -0.25) is 14.5 Å². The highest BCUT2D eigenvalue weighted by Gasteiger charge is 2.38. The smallest absolute Gasteiger partial charge is 0.261 e. The molecule has 2 atom stereocenters. The summed E-state index contributed by atoms with van der Waals surface area (Å²) in [5.74, 6) is 1.57. The van der Waals surface area contributed by atoms with Crippen LogP contribution in [0.1, 0.15) is 67.9 Å². The molecule has 1 amide bonds. The van der Waals surface area contributed by atoms with Crippen LogP contribution in [0.15, 0.2) is 16.9 Å². The predicted molar refractivity (Wildman–Crippen MR) is 102 cm³/mol. The third-order valence-electron chi connectivity index (χ3n) is 6.62. The second-order valence-corrected chi connectivity index (χ2v) is 8.87. The van der Waals surface area contributed by atoms with Crippen LogP contribution in [0.5, 0.6) is 0 Å². The van der Waals surface area contributed by atoms with Crippen LogP contribution in [0.25, 0.3) is 0 Å². The van der Waals surface area contributed by atoms with E-state index in [1.54, 1.807) is 6.07 Å². The summed E-state index contributed by atoms with van der Waals surface area (Å²) in [7, 11) is 0. The molecule has 1 aromatic rings. The molecule has 3 saturated heterocycles. The van der Waals surface area contributed by atoms with E-state index in [-0.39, 0.29) is 17.4 Å². The van der Waals surface area contributed by atoms with Crippen LogP contribution in [0, 0.1) is 11.8 Å². The molecule has 0 aromatic carbocycles. The van der Waals surface area contributed by atoms with E-state index in [0.717, 1.165) is 31.2 Å². The van der Waals surface area contributed by atoms with Crippen molar-refractivity contribution < 1.29 is 4.79 Å². The van der Waals surface area contributed by atoms with Gasteiger partial charge in [-0.15, -0.1) is 0 Å². The number of nitrogens with zero attached hydrogens (tertiary/aromatic N) is 2. The lowest BCUT2D eigenvalue weighted by Gasteiger charge is -2.40. The van der Waals surface area contributed by atoms with Gasteiger partial charge in [0.1, 0.15) is 5.56 Å². The van der Waals surface area contributed by atoms with E-state index in [0.29, 0.717) is 17.5 Å². The normalized spacial score (nSPS) is 26.8. The number of H-pyrrole nitrogens is 1. The van der Waals surface area contributed by atoms with Gasteiger partial charge in [0.15, 0.2) is 0 Å². The summed E-state index contributed by atoms with van der Waals surface area (Å²) in [6.07, 6.45) is 6.51. The Morgan fingerprint density at radius 1 is 1.15 bits per heavy atom. The Labute approximate surface area is 155 Å². The molecule has 3 aliphatic heterocycles. The van der Waals surface area contributed by atoms with Gasteiger partial charge in [-0.2, -0.15) is 0 Å². The molecule has 5 heteroatoms. The lowest BCUT2D eigenvalue weighted by atomic mass is 9.83. The zero-order chi connectivity index (χ0) is 18.3. The highest BCUT2D eigenvalue weighted by atomic mass is 16.2. The lowest BCUT2D eigenvalue weighted by molar-refractivity contribution is 0.0715. The molecule has 0 unspecified atom stereocenters. The van der Waals surface area contributed by atoms with E-state index in [4.69, 9.17) is 0 Å². The number of hydrogen-bond acceptors (Lipinski definition) is 3. The number of carbonyl (C=O) groups is 1. The number of amides is 1. The summed E-state index contributed by atoms with van der Waals surface area (Å²) in [5.41, 5.74) is 0.930. The van der Waals surface area contributed by atoms with E-state index in [1.165, 1.54) is 38.6 Å². The van der Waals surface area contributed by atoms with Crippen LogP contribution in [0.3, 0.4) is 0 Å². The van der Waals surface area contributed by atoms with Crippen LogP contribution in [0.4, 0.5) is 0 Å². The van der Waals surface area contributed by atoms with E-state index < -0.39 is 0 Å². The fraction of sp³-hybridized carbons (Fsp3) is 0.714. The molecular weight excluding hydrogens is 326 g/mol. The second kappa shape index (κ2) is 7.18. The number of rotatable bonds is 4. The zero-order valence-corrected chi connectivity index (χ0v) is 16.0. The highest BCUT2D eigenvalue weighted by Crippen LogP contribution is 2.33. The minimum atomic E-state index is -0.246. The molecule has 1 saturated carbocycles. The largest absolute Gasteiger partial charge is 0.337 e. The quantitative estimate of drug-likeness (QED) is 0.901. The molecule has 1 aliphatic carbocycles. The number of fused-ring (bicyclic) bond motifs is 4. The van der Waals surface area contributed by atoms with Gasteiger partial charge >= 0.3 is 0 Å². The minimum Gasteiger partial charge on any atom is -0.337 e. The van der Waals surface area contributed by atoms with E-state index in [2.05, 4.69) is 9.88 Å². The Balaban J connectivity index is 1.49. The molecule has 4 fully saturated rings. The first kappa shape index (κ1) is 17.8. The molecule has 1 N–H and O–H groups in total. The van der Waals surface area contributed by atoms with Gasteiger partial charge in [0, 0.05) is 37.9 Å². The zero-order valence-electron chi connectivity index (χ0n) is 16.0. The van der Waals surface area contributed by atoms with Crippen molar-refractivity contribution in [2.45, 2.75) is 57.9 Å². The van der Waals surface area contributed by atoms with Gasteiger partial charge in [-0.1, -0.05) is 20.3 Å². The van der Waals surface area contributed by atoms with Crippen molar-refractivity contribution >= 4 is 5.91 Å². The predicted octanol–water partition coefficient (Wildman–Crippen LogP) is 2.83. The fourth-order valence-electron chi connectivity index (χ4n) is 4.74. The number of carbonyl (C=O) groups excluding carboxylic acids is 1. The van der Waals surface area contributed by atoms with Crippen LogP contribution >= 0.6 is 0 Å². The third kappa shape index (κ3) is 3.46. The maximum absolute atomic E-state index is 13.1. The number of hydrogen-bond donors (Lipinski definition) is 1. The van der Waals surface area contributed by atoms with Crippen molar-refractivity contribution in [2.75, 3.05) is 26.2 Å². The van der Waals surface area contributed by atoms with Crippen molar-refractivity contribution in [3.05, 3.63) is 33.7 Å². The Bertz CT molecular complexity index is 722. The number of nitrogens with one attached hydrogen (secondary N) is 1. The van der Waals surface area contributed by atoms with Crippen molar-refractivity contribution in [1.82, 2.24) is 14.8 Å². The molecule has 0 spiro atoms. The van der Waals surface area contributed by atoms with Gasteiger partial charge < -0.3 is 9.88 Å². The maximum atomic E-state index is 13.1. The van der Waals surface area contributed by atoms with Crippen LogP contribution in [-0.2, 0) is 0 Å². The van der Waals surface area contributed by atoms with Gasteiger partial charge in [-0.25, -0.2) is 0 Å². The van der Waals surface area contributed by atoms with Gasteiger partial charge in [0.05, 0.1) is 0 Å². The summed E-state index contributed by atoms with van der Waals surface area (Å²) in [4.78, 5) is 33.0. The summed E-state index contributed by atoms with van der Waals surface area (Å²) in [5, 5.41) is 0. The SMILES string of the molecule is CC(C)c1ccc(C(=O)N2C[C@@H]3CC[C@H](C2)N(CC2CCC2)C3)c(=O)[nH]1. The highest BCUT2D eigenvalue weighted by molar-refractivity contribution is 5.94. The standard InChI is InChI=1S/C21H31N3O2/c1-14(2)19-9-8-18(20(25)22-19)21(26)24-12-16-6-7-17(13-24)23(11-16)10-15-4-3-5-15/h8-9,14-17H,3-7,10-13H2,1-2H3,(H,22,25)/t16-,17-/m1/s1. The summed E-state index contributed by atoms with van der Waals surface area (Å²) >= 11 is 0. The molecule has 4 heterocycles. The van der Waals surface area contributed by atoms with Crippen molar-refractivity contribution in [2.24, 2.45) is 11.8 Å². The van der Waals surface area contributed by atoms with E-state index in [9.17, 15) is 9.59 Å². The molecule has 0 radical (unpaired) electrons. The molecule has 26 heavy (non-hydrogen) atoms. The topological polar surface area (TPSA) is 56.4 Å². The summed E-state index contributed by atoms with van der Waals surface area (Å²) in [6, 6.07) is 4.07. The van der Waals surface area contributed by atoms with Crippen molar-refractivity contribution in [3.63, 3.8) is 0 Å². The first-order valence-corrected chi connectivity index (χ1v) is 10.3. The van der Waals surface area contributed by atoms with Crippen LogP contribution < -0.4 is 5.56 Å². The van der Waals surface area contributed by atoms with Crippen LogP contribution in [0.2, 0.25) is 0 Å². The molecule has 5 nitrogen and oxygen atoms in total. The number of piperidine rings is 1. The number of pyridine rings is 1.